The number of nitrogens with one attached hydrogen (secondary N) is 1. The number of amides is 1. The van der Waals surface area contributed by atoms with Crippen molar-refractivity contribution in [1.29, 1.82) is 0 Å². The highest BCUT2D eigenvalue weighted by Gasteiger charge is 2.25. The number of likely N-dealkylation sites (tertiary alicyclic amines) is 1. The first-order valence-corrected chi connectivity index (χ1v) is 5.85. The highest BCUT2D eigenvalue weighted by atomic mass is 16.3. The van der Waals surface area contributed by atoms with Crippen LogP contribution in [0.4, 0.5) is 0 Å². The van der Waals surface area contributed by atoms with Crippen molar-refractivity contribution in [3.8, 4) is 0 Å². The molecular weight excluding hydrogens is 192 g/mol. The standard InChI is InChI=1S/C11H22N2O2/c1-3-6-12-11(15)9(2)13-7-4-10(14)5-8-13/h9-10,14H,3-8H2,1-2H3,(H,12,15). The van der Waals surface area contributed by atoms with Crippen molar-refractivity contribution < 1.29 is 9.90 Å². The van der Waals surface area contributed by atoms with E-state index in [9.17, 15) is 9.90 Å². The van der Waals surface area contributed by atoms with Crippen molar-refractivity contribution in [2.75, 3.05) is 19.6 Å². The van der Waals surface area contributed by atoms with E-state index in [-0.39, 0.29) is 18.1 Å². The van der Waals surface area contributed by atoms with Crippen LogP contribution >= 0.6 is 0 Å². The molecule has 2 N–H and O–H groups in total. The Balaban J connectivity index is 2.32. The Hall–Kier alpha value is -0.610. The Morgan fingerprint density at radius 2 is 2.13 bits per heavy atom. The topological polar surface area (TPSA) is 52.6 Å². The number of carbonyl (C=O) groups is 1. The maximum atomic E-state index is 11.7. The van der Waals surface area contributed by atoms with E-state index in [1.54, 1.807) is 0 Å². The van der Waals surface area contributed by atoms with E-state index in [1.807, 2.05) is 13.8 Å². The third-order valence-corrected chi connectivity index (χ3v) is 2.98. The monoisotopic (exact) mass is 214 g/mol. The lowest BCUT2D eigenvalue weighted by Crippen LogP contribution is -2.49. The Bertz CT molecular complexity index is 201. The van der Waals surface area contributed by atoms with Gasteiger partial charge in [-0.05, 0) is 26.2 Å². The van der Waals surface area contributed by atoms with E-state index in [1.165, 1.54) is 0 Å². The van der Waals surface area contributed by atoms with E-state index in [0.29, 0.717) is 0 Å². The largest absolute Gasteiger partial charge is 0.393 e. The molecule has 0 saturated carbocycles. The molecule has 4 heteroatoms. The second-order valence-corrected chi connectivity index (χ2v) is 4.23. The number of piperidine rings is 1. The minimum atomic E-state index is -0.174. The number of hydrogen-bond acceptors (Lipinski definition) is 3. The molecule has 4 nitrogen and oxygen atoms in total. The highest BCUT2D eigenvalue weighted by molar-refractivity contribution is 5.81. The van der Waals surface area contributed by atoms with E-state index < -0.39 is 0 Å². The van der Waals surface area contributed by atoms with Crippen LogP contribution in [-0.2, 0) is 4.79 Å². The fraction of sp³-hybridized carbons (Fsp3) is 0.909. The number of nitrogens with zero attached hydrogens (tertiary/aromatic N) is 1. The molecule has 0 bridgehead atoms. The minimum Gasteiger partial charge on any atom is -0.393 e. The first kappa shape index (κ1) is 12.5. The van der Waals surface area contributed by atoms with E-state index in [0.717, 1.165) is 38.9 Å². The van der Waals surface area contributed by atoms with Gasteiger partial charge in [-0.15, -0.1) is 0 Å². The zero-order valence-corrected chi connectivity index (χ0v) is 9.70. The summed E-state index contributed by atoms with van der Waals surface area (Å²) in [5, 5.41) is 12.3. The number of aliphatic hydroxyl groups excluding tert-OH is 1. The fourth-order valence-electron chi connectivity index (χ4n) is 1.83. The number of carbonyl (C=O) groups excluding carboxylic acids is 1. The van der Waals surface area contributed by atoms with Crippen molar-refractivity contribution in [2.24, 2.45) is 0 Å². The van der Waals surface area contributed by atoms with E-state index in [4.69, 9.17) is 0 Å². The smallest absolute Gasteiger partial charge is 0.237 e. The Morgan fingerprint density at radius 1 is 1.53 bits per heavy atom. The van der Waals surface area contributed by atoms with E-state index >= 15 is 0 Å². The lowest BCUT2D eigenvalue weighted by atomic mass is 10.1. The van der Waals surface area contributed by atoms with Gasteiger partial charge >= 0.3 is 0 Å². The maximum Gasteiger partial charge on any atom is 0.237 e. The summed E-state index contributed by atoms with van der Waals surface area (Å²) >= 11 is 0. The molecule has 0 aliphatic carbocycles. The van der Waals surface area contributed by atoms with Crippen LogP contribution in [0, 0.1) is 0 Å². The van der Waals surface area contributed by atoms with Gasteiger partial charge in [0.1, 0.15) is 0 Å². The molecule has 15 heavy (non-hydrogen) atoms. The van der Waals surface area contributed by atoms with Crippen LogP contribution in [-0.4, -0.2) is 47.7 Å². The van der Waals surface area contributed by atoms with Gasteiger partial charge in [0.2, 0.25) is 5.91 Å². The number of rotatable bonds is 4. The van der Waals surface area contributed by atoms with Gasteiger partial charge in [0.05, 0.1) is 12.1 Å². The van der Waals surface area contributed by atoms with Gasteiger partial charge < -0.3 is 10.4 Å². The van der Waals surface area contributed by atoms with Crippen LogP contribution in [0.1, 0.15) is 33.1 Å². The van der Waals surface area contributed by atoms with E-state index in [2.05, 4.69) is 10.2 Å². The molecule has 0 radical (unpaired) electrons. The zero-order valence-electron chi connectivity index (χ0n) is 9.70. The quantitative estimate of drug-likeness (QED) is 0.710. The molecule has 1 saturated heterocycles. The summed E-state index contributed by atoms with van der Waals surface area (Å²) in [6.45, 7) is 6.37. The molecule has 1 unspecified atom stereocenters. The molecule has 1 amide bonds. The first-order valence-electron chi connectivity index (χ1n) is 5.85. The van der Waals surface area contributed by atoms with Crippen molar-refractivity contribution in [1.82, 2.24) is 10.2 Å². The summed E-state index contributed by atoms with van der Waals surface area (Å²) in [4.78, 5) is 13.8. The van der Waals surface area contributed by atoms with Crippen LogP contribution in [0.3, 0.4) is 0 Å². The second kappa shape index (κ2) is 6.08. The Labute approximate surface area is 91.6 Å². The van der Waals surface area contributed by atoms with Gasteiger partial charge in [-0.2, -0.15) is 0 Å². The third-order valence-electron chi connectivity index (χ3n) is 2.98. The van der Waals surface area contributed by atoms with Gasteiger partial charge in [-0.3, -0.25) is 9.69 Å². The van der Waals surface area contributed by atoms with Gasteiger partial charge in [0, 0.05) is 19.6 Å². The molecule has 1 aliphatic rings. The lowest BCUT2D eigenvalue weighted by molar-refractivity contribution is -0.126. The third kappa shape index (κ3) is 3.80. The predicted molar refractivity (Wildman–Crippen MR) is 59.6 cm³/mol. The van der Waals surface area contributed by atoms with Crippen LogP contribution in [0.5, 0.6) is 0 Å². The lowest BCUT2D eigenvalue weighted by Gasteiger charge is -2.33. The van der Waals surface area contributed by atoms with Crippen molar-refractivity contribution in [3.05, 3.63) is 0 Å². The molecule has 0 spiro atoms. The summed E-state index contributed by atoms with van der Waals surface area (Å²) < 4.78 is 0. The summed E-state index contributed by atoms with van der Waals surface area (Å²) in [5.41, 5.74) is 0. The highest BCUT2D eigenvalue weighted by Crippen LogP contribution is 2.12. The molecule has 1 fully saturated rings. The zero-order chi connectivity index (χ0) is 11.3. The van der Waals surface area contributed by atoms with Crippen LogP contribution < -0.4 is 5.32 Å². The van der Waals surface area contributed by atoms with Crippen molar-refractivity contribution in [2.45, 2.75) is 45.3 Å². The molecule has 0 aromatic carbocycles. The van der Waals surface area contributed by atoms with Gasteiger partial charge in [0.15, 0.2) is 0 Å². The Morgan fingerprint density at radius 3 is 2.67 bits per heavy atom. The van der Waals surface area contributed by atoms with Crippen LogP contribution in [0.25, 0.3) is 0 Å². The summed E-state index contributed by atoms with van der Waals surface area (Å²) in [5.74, 6) is 0.105. The second-order valence-electron chi connectivity index (χ2n) is 4.23. The van der Waals surface area contributed by atoms with Gasteiger partial charge in [-0.1, -0.05) is 6.92 Å². The van der Waals surface area contributed by atoms with Gasteiger partial charge in [0.25, 0.3) is 0 Å². The SMILES string of the molecule is CCCNC(=O)C(C)N1CCC(O)CC1. The minimum absolute atomic E-state index is 0.0657. The van der Waals surface area contributed by atoms with Crippen LogP contribution in [0.15, 0.2) is 0 Å². The number of aliphatic hydroxyl groups is 1. The normalized spacial score (nSPS) is 21.3. The Kier molecular flexibility index (Phi) is 5.05. The molecule has 1 rings (SSSR count). The summed E-state index contributed by atoms with van der Waals surface area (Å²) in [7, 11) is 0. The average molecular weight is 214 g/mol. The fourth-order valence-corrected chi connectivity index (χ4v) is 1.83. The van der Waals surface area contributed by atoms with Crippen molar-refractivity contribution in [3.63, 3.8) is 0 Å². The molecule has 0 aromatic rings. The predicted octanol–water partition coefficient (Wildman–Crippen LogP) is 0.358. The molecule has 0 aromatic heterocycles. The first-order chi connectivity index (χ1) is 7.15. The number of hydrogen-bond donors (Lipinski definition) is 2. The van der Waals surface area contributed by atoms with Gasteiger partial charge in [-0.25, -0.2) is 0 Å². The summed E-state index contributed by atoms with van der Waals surface area (Å²) in [6.07, 6.45) is 2.36. The van der Waals surface area contributed by atoms with Crippen LogP contribution in [0.2, 0.25) is 0 Å². The molecule has 1 aliphatic heterocycles. The molecule has 1 heterocycles. The molecular formula is C11H22N2O2. The van der Waals surface area contributed by atoms with Crippen molar-refractivity contribution >= 4 is 5.91 Å². The molecule has 1 atom stereocenters. The maximum absolute atomic E-state index is 11.7. The average Bonchev–Trinajstić information content (AvgIpc) is 2.26. The molecule has 88 valence electrons. The summed E-state index contributed by atoms with van der Waals surface area (Å²) in [6, 6.07) is -0.0657.